The molecule has 2 nitrogen and oxygen atoms in total. The van der Waals surface area contributed by atoms with E-state index in [-0.39, 0.29) is 5.91 Å². The summed E-state index contributed by atoms with van der Waals surface area (Å²) in [6, 6.07) is 25.8. The molecule has 0 fully saturated rings. The van der Waals surface area contributed by atoms with Crippen LogP contribution in [0.25, 0.3) is 21.2 Å². The van der Waals surface area contributed by atoms with Crippen molar-refractivity contribution in [3.8, 4) is 11.1 Å². The first-order valence-electron chi connectivity index (χ1n) is 7.86. The van der Waals surface area contributed by atoms with Crippen molar-refractivity contribution in [1.29, 1.82) is 0 Å². The van der Waals surface area contributed by atoms with Gasteiger partial charge in [-0.05, 0) is 29.8 Å². The Morgan fingerprint density at radius 1 is 0.880 bits per heavy atom. The lowest BCUT2D eigenvalue weighted by atomic mass is 10.0. The molecule has 0 saturated heterocycles. The molecule has 1 amide bonds. The van der Waals surface area contributed by atoms with Crippen LogP contribution in [0.4, 0.5) is 5.00 Å². The third-order valence-electron chi connectivity index (χ3n) is 3.97. The number of thiophene rings is 1. The minimum atomic E-state index is -0.106. The van der Waals surface area contributed by atoms with Crippen molar-refractivity contribution in [1.82, 2.24) is 0 Å². The maximum atomic E-state index is 12.7. The molecule has 3 aromatic carbocycles. The topological polar surface area (TPSA) is 29.1 Å². The number of amides is 1. The maximum Gasteiger partial charge on any atom is 0.256 e. The van der Waals surface area contributed by atoms with Crippen LogP contribution < -0.4 is 5.32 Å². The van der Waals surface area contributed by atoms with Crippen LogP contribution in [-0.2, 0) is 0 Å². The first kappa shape index (κ1) is 16.1. The molecule has 0 radical (unpaired) electrons. The summed E-state index contributed by atoms with van der Waals surface area (Å²) in [5.41, 5.74) is 2.81. The number of halogens is 1. The number of fused-ring (bicyclic) bond motifs is 1. The molecule has 122 valence electrons. The van der Waals surface area contributed by atoms with Gasteiger partial charge in [0, 0.05) is 25.7 Å². The van der Waals surface area contributed by atoms with Crippen LogP contribution in [0.15, 0.2) is 83.3 Å². The minimum Gasteiger partial charge on any atom is -0.313 e. The predicted molar refractivity (Wildman–Crippen MR) is 109 cm³/mol. The molecule has 0 aliphatic rings. The van der Waals surface area contributed by atoms with Gasteiger partial charge < -0.3 is 5.32 Å². The van der Waals surface area contributed by atoms with E-state index in [1.54, 1.807) is 11.3 Å². The molecule has 4 heteroatoms. The van der Waals surface area contributed by atoms with E-state index in [2.05, 4.69) is 45.5 Å². The summed E-state index contributed by atoms with van der Waals surface area (Å²) in [4.78, 5) is 12.7. The molecular formula is C21H14BrNOS. The van der Waals surface area contributed by atoms with Crippen molar-refractivity contribution in [3.63, 3.8) is 0 Å². The van der Waals surface area contributed by atoms with Crippen LogP contribution in [0.3, 0.4) is 0 Å². The maximum absolute atomic E-state index is 12.7. The van der Waals surface area contributed by atoms with Crippen LogP contribution in [0.1, 0.15) is 10.4 Å². The lowest BCUT2D eigenvalue weighted by Gasteiger charge is -2.08. The number of nitrogens with one attached hydrogen (secondary N) is 1. The zero-order valence-corrected chi connectivity index (χ0v) is 15.6. The third kappa shape index (κ3) is 3.23. The van der Waals surface area contributed by atoms with Gasteiger partial charge in [0.05, 0.1) is 0 Å². The summed E-state index contributed by atoms with van der Waals surface area (Å²) in [6.45, 7) is 0. The van der Waals surface area contributed by atoms with Gasteiger partial charge in [0.25, 0.3) is 5.91 Å². The molecule has 0 aliphatic heterocycles. The molecule has 4 rings (SSSR count). The highest BCUT2D eigenvalue weighted by atomic mass is 79.9. The Balaban J connectivity index is 1.80. The molecule has 4 aromatic rings. The van der Waals surface area contributed by atoms with Crippen molar-refractivity contribution in [2.24, 2.45) is 0 Å². The standard InChI is InChI=1S/C21H14BrNOS/c22-16-10-6-9-15(13-16)20(24)23-21-19(14-7-2-1-3-8-14)17-11-4-5-12-18(17)25-21/h1-13H,(H,23,24). The molecule has 1 heterocycles. The van der Waals surface area contributed by atoms with E-state index >= 15 is 0 Å². The summed E-state index contributed by atoms with van der Waals surface area (Å²) in [7, 11) is 0. The third-order valence-corrected chi connectivity index (χ3v) is 5.55. The normalized spacial score (nSPS) is 10.8. The highest BCUT2D eigenvalue weighted by Gasteiger charge is 2.16. The van der Waals surface area contributed by atoms with Crippen LogP contribution in [-0.4, -0.2) is 5.91 Å². The van der Waals surface area contributed by atoms with Crippen LogP contribution in [0.5, 0.6) is 0 Å². The number of hydrogen-bond donors (Lipinski definition) is 1. The van der Waals surface area contributed by atoms with Gasteiger partial charge in [-0.15, -0.1) is 11.3 Å². The van der Waals surface area contributed by atoms with Crippen molar-refractivity contribution in [2.45, 2.75) is 0 Å². The van der Waals surface area contributed by atoms with E-state index in [0.29, 0.717) is 5.56 Å². The molecule has 0 spiro atoms. The molecule has 1 N–H and O–H groups in total. The van der Waals surface area contributed by atoms with Gasteiger partial charge in [0.2, 0.25) is 0 Å². The van der Waals surface area contributed by atoms with Crippen LogP contribution in [0.2, 0.25) is 0 Å². The van der Waals surface area contributed by atoms with Crippen molar-refractivity contribution < 1.29 is 4.79 Å². The minimum absolute atomic E-state index is 0.106. The monoisotopic (exact) mass is 407 g/mol. The second kappa shape index (κ2) is 6.82. The summed E-state index contributed by atoms with van der Waals surface area (Å²) < 4.78 is 2.05. The number of benzene rings is 3. The SMILES string of the molecule is O=C(Nc1sc2ccccc2c1-c1ccccc1)c1cccc(Br)c1. The van der Waals surface area contributed by atoms with Gasteiger partial charge in [0.15, 0.2) is 0 Å². The summed E-state index contributed by atoms with van der Waals surface area (Å²) in [5.74, 6) is -0.106. The van der Waals surface area contributed by atoms with Gasteiger partial charge >= 0.3 is 0 Å². The molecular weight excluding hydrogens is 394 g/mol. The van der Waals surface area contributed by atoms with Gasteiger partial charge in [-0.1, -0.05) is 70.5 Å². The second-order valence-electron chi connectivity index (χ2n) is 5.63. The number of anilines is 1. The highest BCUT2D eigenvalue weighted by molar-refractivity contribution is 9.10. The molecule has 1 aromatic heterocycles. The van der Waals surface area contributed by atoms with E-state index < -0.39 is 0 Å². The quantitative estimate of drug-likeness (QED) is 0.408. The highest BCUT2D eigenvalue weighted by Crippen LogP contribution is 2.42. The molecule has 0 bridgehead atoms. The van der Waals surface area contributed by atoms with Crippen LogP contribution >= 0.6 is 27.3 Å². The summed E-state index contributed by atoms with van der Waals surface area (Å²) in [5, 5.41) is 5.13. The molecule has 25 heavy (non-hydrogen) atoms. The van der Waals surface area contributed by atoms with Gasteiger partial charge in [-0.3, -0.25) is 4.79 Å². The Labute approximate surface area is 158 Å². The lowest BCUT2D eigenvalue weighted by molar-refractivity contribution is 0.102. The fraction of sp³-hybridized carbons (Fsp3) is 0. The molecule has 0 aliphatic carbocycles. The Bertz CT molecular complexity index is 1060. The zero-order valence-electron chi connectivity index (χ0n) is 13.2. The van der Waals surface area contributed by atoms with Crippen molar-refractivity contribution in [2.75, 3.05) is 5.32 Å². The average molecular weight is 408 g/mol. The van der Waals surface area contributed by atoms with E-state index in [1.165, 1.54) is 0 Å². The first-order chi connectivity index (χ1) is 12.2. The smallest absolute Gasteiger partial charge is 0.256 e. The van der Waals surface area contributed by atoms with E-state index in [1.807, 2.05) is 54.6 Å². The average Bonchev–Trinajstić information content (AvgIpc) is 3.00. The second-order valence-corrected chi connectivity index (χ2v) is 7.60. The Kier molecular flexibility index (Phi) is 4.38. The first-order valence-corrected chi connectivity index (χ1v) is 9.47. The number of rotatable bonds is 3. The summed E-state index contributed by atoms with van der Waals surface area (Å²) >= 11 is 5.02. The fourth-order valence-electron chi connectivity index (χ4n) is 2.83. The molecule has 0 unspecified atom stereocenters. The van der Waals surface area contributed by atoms with Gasteiger partial charge in [-0.25, -0.2) is 0 Å². The predicted octanol–water partition coefficient (Wildman–Crippen LogP) is 6.58. The number of hydrogen-bond acceptors (Lipinski definition) is 2. The summed E-state index contributed by atoms with van der Waals surface area (Å²) in [6.07, 6.45) is 0. The van der Waals surface area contributed by atoms with Crippen molar-refractivity contribution >= 4 is 48.3 Å². The Morgan fingerprint density at radius 2 is 1.64 bits per heavy atom. The van der Waals surface area contributed by atoms with Crippen LogP contribution in [0, 0.1) is 0 Å². The largest absolute Gasteiger partial charge is 0.313 e. The van der Waals surface area contributed by atoms with E-state index in [0.717, 1.165) is 30.7 Å². The Morgan fingerprint density at radius 3 is 2.44 bits per heavy atom. The number of carbonyl (C=O) groups excluding carboxylic acids is 1. The number of carbonyl (C=O) groups is 1. The van der Waals surface area contributed by atoms with Crippen molar-refractivity contribution in [3.05, 3.63) is 88.9 Å². The van der Waals surface area contributed by atoms with Gasteiger partial charge in [0.1, 0.15) is 5.00 Å². The zero-order chi connectivity index (χ0) is 17.2. The lowest BCUT2D eigenvalue weighted by Crippen LogP contribution is -2.11. The van der Waals surface area contributed by atoms with E-state index in [9.17, 15) is 4.79 Å². The molecule has 0 saturated carbocycles. The van der Waals surface area contributed by atoms with E-state index in [4.69, 9.17) is 0 Å². The Hall–Kier alpha value is -2.43. The molecule has 0 atom stereocenters. The fourth-order valence-corrected chi connectivity index (χ4v) is 4.35. The van der Waals surface area contributed by atoms with Gasteiger partial charge in [-0.2, -0.15) is 0 Å².